The van der Waals surface area contributed by atoms with Crippen LogP contribution in [-0.4, -0.2) is 4.98 Å². The Balaban J connectivity index is 2.65. The molecule has 1 aromatic carbocycles. The lowest BCUT2D eigenvalue weighted by Crippen LogP contribution is -2.07. The Hall–Kier alpha value is -1.97. The number of rotatable bonds is 1. The van der Waals surface area contributed by atoms with Crippen molar-refractivity contribution in [3.05, 3.63) is 58.5 Å². The lowest BCUT2D eigenvalue weighted by atomic mass is 10.1. The predicted molar refractivity (Wildman–Crippen MR) is 52.4 cm³/mol. The van der Waals surface area contributed by atoms with Crippen molar-refractivity contribution >= 4 is 0 Å². The van der Waals surface area contributed by atoms with Crippen LogP contribution in [0.2, 0.25) is 0 Å². The average Bonchev–Trinajstić information content (AvgIpc) is 2.20. The molecule has 15 heavy (non-hydrogen) atoms. The molecule has 0 radical (unpaired) electrons. The Morgan fingerprint density at radius 2 is 1.87 bits per heavy atom. The molecule has 0 fully saturated rings. The van der Waals surface area contributed by atoms with Gasteiger partial charge < -0.3 is 4.98 Å². The number of hydrogen-bond donors (Lipinski definition) is 1. The molecule has 0 aliphatic rings. The van der Waals surface area contributed by atoms with Gasteiger partial charge in [-0.15, -0.1) is 0 Å². The predicted octanol–water partition coefficient (Wildman–Crippen LogP) is 2.32. The van der Waals surface area contributed by atoms with Gasteiger partial charge in [0.05, 0.1) is 0 Å². The smallest absolute Gasteiger partial charge is 0.255 e. The van der Waals surface area contributed by atoms with Gasteiger partial charge in [0, 0.05) is 23.4 Å². The van der Waals surface area contributed by atoms with E-state index in [1.54, 1.807) is 6.07 Å². The summed E-state index contributed by atoms with van der Waals surface area (Å²) in [6, 6.07) is 6.18. The van der Waals surface area contributed by atoms with Gasteiger partial charge in [0.1, 0.15) is 11.6 Å². The van der Waals surface area contributed by atoms with Gasteiger partial charge in [-0.2, -0.15) is 0 Å². The molecule has 1 aromatic heterocycles. The van der Waals surface area contributed by atoms with Crippen LogP contribution in [0.1, 0.15) is 0 Å². The van der Waals surface area contributed by atoms with Crippen LogP contribution in [-0.2, 0) is 0 Å². The number of hydrogen-bond acceptors (Lipinski definition) is 1. The van der Waals surface area contributed by atoms with Crippen LogP contribution in [0.4, 0.5) is 8.78 Å². The minimum Gasteiger partial charge on any atom is -0.329 e. The maximum Gasteiger partial charge on any atom is 0.255 e. The zero-order valence-corrected chi connectivity index (χ0v) is 7.63. The van der Waals surface area contributed by atoms with Crippen LogP contribution in [0.15, 0.2) is 41.3 Å². The summed E-state index contributed by atoms with van der Waals surface area (Å²) in [7, 11) is 0. The van der Waals surface area contributed by atoms with Gasteiger partial charge in [0.2, 0.25) is 0 Å². The second-order valence-electron chi connectivity index (χ2n) is 3.04. The molecule has 76 valence electrons. The molecule has 4 heteroatoms. The van der Waals surface area contributed by atoms with Crippen molar-refractivity contribution < 1.29 is 8.78 Å². The molecule has 1 N–H and O–H groups in total. The van der Waals surface area contributed by atoms with Crippen LogP contribution < -0.4 is 5.56 Å². The summed E-state index contributed by atoms with van der Waals surface area (Å²) < 4.78 is 26.0. The number of nitrogens with one attached hydrogen (secondary N) is 1. The lowest BCUT2D eigenvalue weighted by molar-refractivity contribution is 0.585. The Bertz CT molecular complexity index is 548. The fourth-order valence-electron chi connectivity index (χ4n) is 1.34. The number of pyridine rings is 1. The standard InChI is InChI=1S/C11H7F2NO/c12-7-3-4-8(10(13)6-7)9-2-1-5-14-11(9)15/h1-6H,(H,14,15). The van der Waals surface area contributed by atoms with Gasteiger partial charge in [0.25, 0.3) is 5.56 Å². The second kappa shape index (κ2) is 3.65. The first-order valence-electron chi connectivity index (χ1n) is 4.31. The summed E-state index contributed by atoms with van der Waals surface area (Å²) in [5.74, 6) is -1.41. The summed E-state index contributed by atoms with van der Waals surface area (Å²) >= 11 is 0. The average molecular weight is 207 g/mol. The highest BCUT2D eigenvalue weighted by molar-refractivity contribution is 5.62. The third-order valence-corrected chi connectivity index (χ3v) is 2.04. The Morgan fingerprint density at radius 1 is 1.07 bits per heavy atom. The maximum absolute atomic E-state index is 13.3. The van der Waals surface area contributed by atoms with E-state index in [4.69, 9.17) is 0 Å². The number of aromatic nitrogens is 1. The molecule has 2 nitrogen and oxygen atoms in total. The topological polar surface area (TPSA) is 32.9 Å². The lowest BCUT2D eigenvalue weighted by Gasteiger charge is -2.01. The van der Waals surface area contributed by atoms with Crippen LogP contribution in [0, 0.1) is 11.6 Å². The molecule has 0 bridgehead atoms. The first-order chi connectivity index (χ1) is 7.18. The summed E-state index contributed by atoms with van der Waals surface area (Å²) in [6.45, 7) is 0. The van der Waals surface area contributed by atoms with E-state index >= 15 is 0 Å². The van der Waals surface area contributed by atoms with Gasteiger partial charge in [-0.1, -0.05) is 0 Å². The monoisotopic (exact) mass is 207 g/mol. The van der Waals surface area contributed by atoms with E-state index in [9.17, 15) is 13.6 Å². The van der Waals surface area contributed by atoms with Crippen LogP contribution in [0.3, 0.4) is 0 Å². The summed E-state index contributed by atoms with van der Waals surface area (Å²) in [6.07, 6.45) is 1.45. The number of aromatic amines is 1. The molecule has 1 heterocycles. The molecule has 0 spiro atoms. The summed E-state index contributed by atoms with van der Waals surface area (Å²) in [5.41, 5.74) is -0.115. The van der Waals surface area contributed by atoms with Crippen molar-refractivity contribution in [2.45, 2.75) is 0 Å². The van der Waals surface area contributed by atoms with Crippen molar-refractivity contribution in [2.75, 3.05) is 0 Å². The highest BCUT2D eigenvalue weighted by atomic mass is 19.1. The Kier molecular flexibility index (Phi) is 2.33. The summed E-state index contributed by atoms with van der Waals surface area (Å²) in [5, 5.41) is 0. The normalized spacial score (nSPS) is 10.3. The zero-order chi connectivity index (χ0) is 10.8. The molecule has 2 rings (SSSR count). The highest BCUT2D eigenvalue weighted by Crippen LogP contribution is 2.19. The molecular weight excluding hydrogens is 200 g/mol. The first-order valence-corrected chi connectivity index (χ1v) is 4.31. The van der Waals surface area contributed by atoms with E-state index < -0.39 is 17.2 Å². The highest BCUT2D eigenvalue weighted by Gasteiger charge is 2.08. The molecule has 0 aliphatic heterocycles. The van der Waals surface area contributed by atoms with Crippen LogP contribution in [0.25, 0.3) is 11.1 Å². The van der Waals surface area contributed by atoms with Crippen LogP contribution >= 0.6 is 0 Å². The van der Waals surface area contributed by atoms with Gasteiger partial charge in [-0.3, -0.25) is 4.79 Å². The van der Waals surface area contributed by atoms with Crippen molar-refractivity contribution in [2.24, 2.45) is 0 Å². The van der Waals surface area contributed by atoms with Crippen molar-refractivity contribution in [1.82, 2.24) is 4.98 Å². The molecule has 0 amide bonds. The Morgan fingerprint density at radius 3 is 2.53 bits per heavy atom. The molecule has 2 aromatic rings. The summed E-state index contributed by atoms with van der Waals surface area (Å²) in [4.78, 5) is 13.8. The quantitative estimate of drug-likeness (QED) is 0.764. The molecule has 0 saturated heterocycles. The van der Waals surface area contributed by atoms with E-state index in [2.05, 4.69) is 4.98 Å². The fourth-order valence-corrected chi connectivity index (χ4v) is 1.34. The molecule has 0 unspecified atom stereocenters. The molecule has 0 atom stereocenters. The molecular formula is C11H7F2NO. The minimum absolute atomic E-state index is 0.0956. The van der Waals surface area contributed by atoms with E-state index in [1.807, 2.05) is 0 Å². The van der Waals surface area contributed by atoms with Gasteiger partial charge >= 0.3 is 0 Å². The van der Waals surface area contributed by atoms with Gasteiger partial charge in [-0.25, -0.2) is 8.78 Å². The minimum atomic E-state index is -0.744. The SMILES string of the molecule is O=c1[nH]cccc1-c1ccc(F)cc1F. The van der Waals surface area contributed by atoms with Gasteiger partial charge in [0.15, 0.2) is 0 Å². The third-order valence-electron chi connectivity index (χ3n) is 2.04. The molecule has 0 aliphatic carbocycles. The van der Waals surface area contributed by atoms with E-state index in [1.165, 1.54) is 18.3 Å². The van der Waals surface area contributed by atoms with E-state index in [0.717, 1.165) is 12.1 Å². The maximum atomic E-state index is 13.3. The molecule has 0 saturated carbocycles. The first kappa shape index (κ1) is 9.58. The van der Waals surface area contributed by atoms with Crippen LogP contribution in [0.5, 0.6) is 0 Å². The van der Waals surface area contributed by atoms with Crippen molar-refractivity contribution in [1.29, 1.82) is 0 Å². The largest absolute Gasteiger partial charge is 0.329 e. The number of H-pyrrole nitrogens is 1. The van der Waals surface area contributed by atoms with Crippen molar-refractivity contribution in [3.8, 4) is 11.1 Å². The number of halogens is 2. The van der Waals surface area contributed by atoms with Crippen molar-refractivity contribution in [3.63, 3.8) is 0 Å². The number of benzene rings is 1. The zero-order valence-electron chi connectivity index (χ0n) is 7.63. The van der Waals surface area contributed by atoms with Gasteiger partial charge in [-0.05, 0) is 24.3 Å². The van der Waals surface area contributed by atoms with E-state index in [-0.39, 0.29) is 11.1 Å². The fraction of sp³-hybridized carbons (Fsp3) is 0. The Labute approximate surface area is 84.2 Å². The third kappa shape index (κ3) is 1.79. The second-order valence-corrected chi connectivity index (χ2v) is 3.04. The van der Waals surface area contributed by atoms with E-state index in [0.29, 0.717) is 0 Å².